The maximum absolute atomic E-state index is 13.4. The minimum absolute atomic E-state index is 0.00571. The minimum Gasteiger partial charge on any atom is -0.355 e. The highest BCUT2D eigenvalue weighted by atomic mass is 32.2. The lowest BCUT2D eigenvalue weighted by Gasteiger charge is -2.31. The molecule has 0 spiro atoms. The van der Waals surface area contributed by atoms with Crippen LogP contribution in [0.25, 0.3) is 0 Å². The standard InChI is InChI=1S/C26H33N3O3S2/c1-18-15-19(2)21(4)25(20(18)3)34(31,32)29-12-9-22(10-13-29)26(30)28-11-14-33-17-24-8-6-5-7-23(24)16-27/h5-8,15,22H,9-14,17H2,1-4H3,(H,28,30). The quantitative estimate of drug-likeness (QED) is 0.549. The molecule has 0 bridgehead atoms. The number of benzene rings is 2. The van der Waals surface area contributed by atoms with Crippen LogP contribution in [0.3, 0.4) is 0 Å². The first-order valence-corrected chi connectivity index (χ1v) is 14.2. The molecular formula is C26H33N3O3S2. The molecule has 8 heteroatoms. The van der Waals surface area contributed by atoms with Gasteiger partial charge in [-0.05, 0) is 74.4 Å². The van der Waals surface area contributed by atoms with Crippen LogP contribution in [0.4, 0.5) is 0 Å². The number of nitrogens with zero attached hydrogens (tertiary/aromatic N) is 2. The number of hydrogen-bond acceptors (Lipinski definition) is 5. The smallest absolute Gasteiger partial charge is 0.243 e. The first-order chi connectivity index (χ1) is 16.2. The summed E-state index contributed by atoms with van der Waals surface area (Å²) in [5, 5.41) is 12.2. The summed E-state index contributed by atoms with van der Waals surface area (Å²) in [4.78, 5) is 13.0. The van der Waals surface area contributed by atoms with Crippen molar-refractivity contribution in [1.29, 1.82) is 5.26 Å². The first kappa shape index (κ1) is 26.3. The van der Waals surface area contributed by atoms with Crippen LogP contribution >= 0.6 is 11.8 Å². The number of thioether (sulfide) groups is 1. The van der Waals surface area contributed by atoms with Gasteiger partial charge in [0, 0.05) is 37.1 Å². The van der Waals surface area contributed by atoms with Gasteiger partial charge in [0.25, 0.3) is 0 Å². The molecule has 1 fully saturated rings. The van der Waals surface area contributed by atoms with Crippen molar-refractivity contribution in [3.8, 4) is 6.07 Å². The van der Waals surface area contributed by atoms with E-state index in [0.717, 1.165) is 39.3 Å². The lowest BCUT2D eigenvalue weighted by atomic mass is 9.97. The molecule has 1 saturated heterocycles. The van der Waals surface area contributed by atoms with E-state index in [-0.39, 0.29) is 11.8 Å². The summed E-state index contributed by atoms with van der Waals surface area (Å²) in [5.41, 5.74) is 5.25. The van der Waals surface area contributed by atoms with Crippen LogP contribution in [-0.2, 0) is 20.6 Å². The van der Waals surface area contributed by atoms with E-state index in [0.29, 0.717) is 42.9 Å². The molecule has 0 radical (unpaired) electrons. The Bertz CT molecular complexity index is 1170. The fourth-order valence-corrected chi connectivity index (χ4v) is 7.29. The third-order valence-corrected chi connectivity index (χ3v) is 9.84. The van der Waals surface area contributed by atoms with E-state index in [1.165, 1.54) is 4.31 Å². The molecule has 1 aliphatic heterocycles. The van der Waals surface area contributed by atoms with Crippen LogP contribution in [-0.4, -0.2) is 44.0 Å². The normalized spacial score (nSPS) is 15.1. The number of piperidine rings is 1. The molecule has 182 valence electrons. The number of nitrogens with one attached hydrogen (secondary N) is 1. The van der Waals surface area contributed by atoms with Crippen molar-refractivity contribution in [2.45, 2.75) is 51.2 Å². The SMILES string of the molecule is Cc1cc(C)c(C)c(S(=O)(=O)N2CCC(C(=O)NCCSCc3ccccc3C#N)CC2)c1C. The zero-order chi connectivity index (χ0) is 24.9. The van der Waals surface area contributed by atoms with Gasteiger partial charge in [-0.25, -0.2) is 8.42 Å². The summed E-state index contributed by atoms with van der Waals surface area (Å²) >= 11 is 1.68. The van der Waals surface area contributed by atoms with Crippen molar-refractivity contribution >= 4 is 27.7 Å². The van der Waals surface area contributed by atoms with Crippen LogP contribution in [0.2, 0.25) is 0 Å². The van der Waals surface area contributed by atoms with Gasteiger partial charge in [0.2, 0.25) is 15.9 Å². The van der Waals surface area contributed by atoms with E-state index in [1.807, 2.05) is 58.0 Å². The Balaban J connectivity index is 1.49. The monoisotopic (exact) mass is 499 g/mol. The van der Waals surface area contributed by atoms with Crippen molar-refractivity contribution in [3.63, 3.8) is 0 Å². The lowest BCUT2D eigenvalue weighted by Crippen LogP contribution is -2.43. The second kappa shape index (κ2) is 11.4. The number of carbonyl (C=O) groups is 1. The van der Waals surface area contributed by atoms with Crippen molar-refractivity contribution in [2.24, 2.45) is 5.92 Å². The van der Waals surface area contributed by atoms with E-state index in [2.05, 4.69) is 11.4 Å². The van der Waals surface area contributed by atoms with Gasteiger partial charge in [0.15, 0.2) is 0 Å². The molecule has 0 unspecified atom stereocenters. The maximum atomic E-state index is 13.4. The van der Waals surface area contributed by atoms with Crippen molar-refractivity contribution in [2.75, 3.05) is 25.4 Å². The fraction of sp³-hybridized carbons (Fsp3) is 0.462. The topological polar surface area (TPSA) is 90.3 Å². The highest BCUT2D eigenvalue weighted by molar-refractivity contribution is 7.98. The Kier molecular flexibility index (Phi) is 8.80. The first-order valence-electron chi connectivity index (χ1n) is 11.6. The summed E-state index contributed by atoms with van der Waals surface area (Å²) in [6, 6.07) is 11.8. The van der Waals surface area contributed by atoms with Crippen LogP contribution in [0.5, 0.6) is 0 Å². The summed E-state index contributed by atoms with van der Waals surface area (Å²) < 4.78 is 28.4. The number of sulfonamides is 1. The van der Waals surface area contributed by atoms with Gasteiger partial charge in [-0.15, -0.1) is 0 Å². The molecule has 1 aliphatic rings. The molecule has 1 N–H and O–H groups in total. The van der Waals surface area contributed by atoms with Crippen LogP contribution in [0.15, 0.2) is 35.2 Å². The Morgan fingerprint density at radius 2 is 1.74 bits per heavy atom. The Morgan fingerprint density at radius 3 is 2.35 bits per heavy atom. The van der Waals surface area contributed by atoms with E-state index in [9.17, 15) is 13.2 Å². The lowest BCUT2D eigenvalue weighted by molar-refractivity contribution is -0.125. The number of hydrogen-bond donors (Lipinski definition) is 1. The maximum Gasteiger partial charge on any atom is 0.243 e. The average molecular weight is 500 g/mol. The minimum atomic E-state index is -3.60. The molecule has 0 aliphatic carbocycles. The van der Waals surface area contributed by atoms with E-state index in [1.54, 1.807) is 11.8 Å². The van der Waals surface area contributed by atoms with Crippen LogP contribution in [0, 0.1) is 44.9 Å². The molecule has 2 aromatic carbocycles. The molecule has 0 atom stereocenters. The van der Waals surface area contributed by atoms with Gasteiger partial charge in [0.05, 0.1) is 16.5 Å². The molecule has 0 aromatic heterocycles. The molecule has 0 saturated carbocycles. The van der Waals surface area contributed by atoms with E-state index >= 15 is 0 Å². The predicted octanol–water partition coefficient (Wildman–Crippen LogP) is 4.24. The zero-order valence-electron chi connectivity index (χ0n) is 20.3. The molecule has 1 heterocycles. The molecule has 1 amide bonds. The van der Waals surface area contributed by atoms with Crippen molar-refractivity contribution < 1.29 is 13.2 Å². The van der Waals surface area contributed by atoms with Gasteiger partial charge < -0.3 is 5.32 Å². The molecule has 6 nitrogen and oxygen atoms in total. The van der Waals surface area contributed by atoms with Gasteiger partial charge in [-0.1, -0.05) is 24.3 Å². The summed E-state index contributed by atoms with van der Waals surface area (Å²) in [6.07, 6.45) is 1.05. The van der Waals surface area contributed by atoms with Crippen LogP contribution < -0.4 is 5.32 Å². The van der Waals surface area contributed by atoms with E-state index in [4.69, 9.17) is 5.26 Å². The average Bonchev–Trinajstić information content (AvgIpc) is 2.82. The highest BCUT2D eigenvalue weighted by Gasteiger charge is 2.34. The molecular weight excluding hydrogens is 466 g/mol. The van der Waals surface area contributed by atoms with Gasteiger partial charge in [-0.2, -0.15) is 21.3 Å². The Labute approximate surface area is 207 Å². The predicted molar refractivity (Wildman–Crippen MR) is 137 cm³/mol. The van der Waals surface area contributed by atoms with Gasteiger partial charge >= 0.3 is 0 Å². The fourth-order valence-electron chi connectivity index (χ4n) is 4.38. The zero-order valence-corrected chi connectivity index (χ0v) is 22.0. The molecule has 34 heavy (non-hydrogen) atoms. The van der Waals surface area contributed by atoms with Gasteiger partial charge in [-0.3, -0.25) is 4.79 Å². The summed E-state index contributed by atoms with van der Waals surface area (Å²) in [7, 11) is -3.60. The molecule has 2 aromatic rings. The Hall–Kier alpha value is -2.34. The van der Waals surface area contributed by atoms with E-state index < -0.39 is 10.0 Å². The van der Waals surface area contributed by atoms with Crippen molar-refractivity contribution in [1.82, 2.24) is 9.62 Å². The number of rotatable bonds is 8. The number of amides is 1. The third-order valence-electron chi connectivity index (χ3n) is 6.66. The number of aryl methyl sites for hydroxylation is 2. The summed E-state index contributed by atoms with van der Waals surface area (Å²) in [5.74, 6) is 1.31. The highest BCUT2D eigenvalue weighted by Crippen LogP contribution is 2.31. The second-order valence-corrected chi connectivity index (χ2v) is 11.9. The van der Waals surface area contributed by atoms with Crippen LogP contribution in [0.1, 0.15) is 46.2 Å². The van der Waals surface area contributed by atoms with Crippen molar-refractivity contribution in [3.05, 3.63) is 63.7 Å². The van der Waals surface area contributed by atoms with Gasteiger partial charge in [0.1, 0.15) is 0 Å². The second-order valence-electron chi connectivity index (χ2n) is 8.88. The third kappa shape index (κ3) is 5.83. The summed E-state index contributed by atoms with van der Waals surface area (Å²) in [6.45, 7) is 8.88. The Morgan fingerprint density at radius 1 is 1.12 bits per heavy atom. The number of carbonyl (C=O) groups excluding carboxylic acids is 1. The largest absolute Gasteiger partial charge is 0.355 e. The molecule has 3 rings (SSSR count). The number of nitriles is 1.